The number of benzene rings is 5. The number of terminal acetylenes is 1. The van der Waals surface area contributed by atoms with Crippen LogP contribution >= 0.6 is 0 Å². The minimum atomic E-state index is -0.171. The summed E-state index contributed by atoms with van der Waals surface area (Å²) in [7, 11) is 0. The van der Waals surface area contributed by atoms with Crippen molar-refractivity contribution >= 4 is 16.7 Å². The minimum Gasteiger partial charge on any atom is -0.119 e. The first-order valence-electron chi connectivity index (χ1n) is 20.9. The van der Waals surface area contributed by atoms with Crippen LogP contribution < -0.4 is 0 Å². The van der Waals surface area contributed by atoms with E-state index in [4.69, 9.17) is 6.42 Å². The van der Waals surface area contributed by atoms with Crippen molar-refractivity contribution in [1.29, 1.82) is 0 Å². The molecular formula is C58H66. The highest BCUT2D eigenvalue weighted by Gasteiger charge is 2.17. The molecule has 0 saturated carbocycles. The van der Waals surface area contributed by atoms with Crippen LogP contribution in [0.15, 0.2) is 176 Å². The zero-order chi connectivity index (χ0) is 41.2. The highest BCUT2D eigenvalue weighted by Crippen LogP contribution is 2.37. The van der Waals surface area contributed by atoms with Gasteiger partial charge in [0.2, 0.25) is 0 Å². The highest BCUT2D eigenvalue weighted by molar-refractivity contribution is 5.87. The smallest absolute Gasteiger partial charge is 0.0636 e. The number of hydrogen-bond acceptors (Lipinski definition) is 0. The van der Waals surface area contributed by atoms with Crippen LogP contribution in [0.3, 0.4) is 0 Å². The molecule has 0 nitrogen and oxygen atoms in total. The largest absolute Gasteiger partial charge is 0.119 e. The second kappa shape index (κ2) is 24.0. The van der Waals surface area contributed by atoms with Crippen LogP contribution in [0.4, 0.5) is 0 Å². The molecule has 2 atom stereocenters. The molecule has 0 fully saturated rings. The Hall–Kier alpha value is -5.90. The topological polar surface area (TPSA) is 0 Å². The van der Waals surface area contributed by atoms with E-state index in [9.17, 15) is 0 Å². The average molecular weight is 763 g/mol. The lowest BCUT2D eigenvalue weighted by Crippen LogP contribution is -2.01. The molecule has 0 spiro atoms. The number of aryl methyl sites for hydroxylation is 2. The summed E-state index contributed by atoms with van der Waals surface area (Å²) in [6, 6.07) is 43.9. The fraction of sp³-hybridized carbons (Fsp3) is 0.241. The maximum absolute atomic E-state index is 6.26. The molecule has 0 aliphatic heterocycles. The molecule has 0 N–H and O–H groups in total. The summed E-state index contributed by atoms with van der Waals surface area (Å²) in [5.41, 5.74) is 17.1. The maximum atomic E-state index is 6.26. The fourth-order valence-corrected chi connectivity index (χ4v) is 7.31. The Morgan fingerprint density at radius 2 is 1.26 bits per heavy atom. The van der Waals surface area contributed by atoms with Gasteiger partial charge in [0.05, 0.1) is 5.92 Å². The van der Waals surface area contributed by atoms with E-state index in [1.807, 2.05) is 27.7 Å². The first kappa shape index (κ1) is 46.5. The van der Waals surface area contributed by atoms with Crippen molar-refractivity contribution in [3.05, 3.63) is 209 Å². The summed E-state index contributed by atoms with van der Waals surface area (Å²) in [5.74, 6) is 3.07. The van der Waals surface area contributed by atoms with Gasteiger partial charge in [-0.05, 0) is 137 Å². The highest BCUT2D eigenvalue weighted by atomic mass is 14.2. The molecule has 1 aliphatic carbocycles. The molecule has 0 heterocycles. The third-order valence-corrected chi connectivity index (χ3v) is 10.4. The van der Waals surface area contributed by atoms with Crippen molar-refractivity contribution in [2.24, 2.45) is 5.92 Å². The van der Waals surface area contributed by atoms with Crippen LogP contribution in [-0.2, 0) is 0 Å². The third kappa shape index (κ3) is 11.8. The fourth-order valence-electron chi connectivity index (χ4n) is 7.31. The molecule has 2 unspecified atom stereocenters. The van der Waals surface area contributed by atoms with E-state index in [1.165, 1.54) is 66.8 Å². The van der Waals surface area contributed by atoms with Gasteiger partial charge in [0.25, 0.3) is 0 Å². The monoisotopic (exact) mass is 763 g/mol. The summed E-state index contributed by atoms with van der Waals surface area (Å²) in [4.78, 5) is 0. The molecule has 1 aliphatic rings. The van der Waals surface area contributed by atoms with E-state index in [-0.39, 0.29) is 19.3 Å². The predicted molar refractivity (Wildman–Crippen MR) is 261 cm³/mol. The van der Waals surface area contributed by atoms with Gasteiger partial charge in [0.1, 0.15) is 0 Å². The van der Waals surface area contributed by atoms with Gasteiger partial charge in [-0.1, -0.05) is 206 Å². The van der Waals surface area contributed by atoms with E-state index in [1.54, 1.807) is 0 Å². The number of rotatable bonds is 11. The first-order valence-corrected chi connectivity index (χ1v) is 20.9. The van der Waals surface area contributed by atoms with E-state index in [0.29, 0.717) is 0 Å². The van der Waals surface area contributed by atoms with Crippen LogP contribution in [0.25, 0.3) is 39.0 Å². The van der Waals surface area contributed by atoms with Gasteiger partial charge >= 0.3 is 0 Å². The molecule has 0 heteroatoms. The second-order valence-electron chi connectivity index (χ2n) is 13.9. The summed E-state index contributed by atoms with van der Waals surface area (Å²) in [6.07, 6.45) is 26.6. The zero-order valence-electron chi connectivity index (χ0n) is 35.8. The Morgan fingerprint density at radius 1 is 0.638 bits per heavy atom. The second-order valence-corrected chi connectivity index (χ2v) is 13.9. The maximum Gasteiger partial charge on any atom is 0.0636 e. The minimum absolute atomic E-state index is 0. The lowest BCUT2D eigenvalue weighted by atomic mass is 9.85. The van der Waals surface area contributed by atoms with E-state index < -0.39 is 0 Å². The van der Waals surface area contributed by atoms with Gasteiger partial charge in [-0.2, -0.15) is 0 Å². The molecule has 5 aromatic carbocycles. The van der Waals surface area contributed by atoms with Crippen LogP contribution in [-0.4, -0.2) is 0 Å². The Labute approximate surface area is 353 Å². The number of allylic oxidation sites excluding steroid dienone is 12. The molecule has 6 rings (SSSR count). The molecular weight excluding hydrogens is 697 g/mol. The Balaban J connectivity index is 0.00000175. The van der Waals surface area contributed by atoms with Gasteiger partial charge in [0, 0.05) is 0 Å². The SMILES string of the molecule is C.C#CC(\C=C/C(=C\C)C(=C/C(C)c1cccc(-c2ccccc2)c1)/c1cc(-c2cccc(C3=CCCC=C3)c2)ccc1C)/C(=C/C)c1ccccc1C.CC.CC. The summed E-state index contributed by atoms with van der Waals surface area (Å²) in [6.45, 7) is 18.9. The van der Waals surface area contributed by atoms with Crippen molar-refractivity contribution in [2.45, 2.75) is 88.5 Å². The molecule has 0 aromatic heterocycles. The Kier molecular flexibility index (Phi) is 19.2. The molecule has 298 valence electrons. The van der Waals surface area contributed by atoms with Crippen LogP contribution in [0.5, 0.6) is 0 Å². The molecule has 58 heavy (non-hydrogen) atoms. The number of hydrogen-bond donors (Lipinski definition) is 0. The summed E-state index contributed by atoms with van der Waals surface area (Å²) in [5, 5.41) is 0. The van der Waals surface area contributed by atoms with Gasteiger partial charge in [-0.25, -0.2) is 0 Å². The zero-order valence-corrected chi connectivity index (χ0v) is 35.8. The standard InChI is InChI=1S/C53H50.2C2H6.CH4/c1-7-41(50(9-3)51-29-17-16-20-38(51)4)32-33-42(8-2)53(34-40(6)45-25-18-26-46(35-45)43-21-12-10-13-22-43)52-37-49(31-30-39(52)5)48-28-19-27-47(36-48)44-23-14-11-15-24-44;2*1-2;/h1,8-10,12-14,16-37,40-41H,11,15H2,2-6H3;2*1-2H3;1H4/b33-32-,42-8+,50-9-,53-34-;;;. The van der Waals surface area contributed by atoms with Gasteiger partial charge < -0.3 is 0 Å². The van der Waals surface area contributed by atoms with E-state index in [0.717, 1.165) is 24.0 Å². The van der Waals surface area contributed by atoms with Crippen molar-refractivity contribution < 1.29 is 0 Å². The molecule has 0 bridgehead atoms. The van der Waals surface area contributed by atoms with Crippen molar-refractivity contribution in [3.8, 4) is 34.6 Å². The Morgan fingerprint density at radius 3 is 1.91 bits per heavy atom. The molecule has 0 radical (unpaired) electrons. The Bertz CT molecular complexity index is 2290. The van der Waals surface area contributed by atoms with Gasteiger partial charge in [0.15, 0.2) is 0 Å². The molecule has 0 amide bonds. The summed E-state index contributed by atoms with van der Waals surface area (Å²) >= 11 is 0. The van der Waals surface area contributed by atoms with Crippen molar-refractivity contribution in [1.82, 2.24) is 0 Å². The summed E-state index contributed by atoms with van der Waals surface area (Å²) < 4.78 is 0. The van der Waals surface area contributed by atoms with Crippen LogP contribution in [0.1, 0.15) is 108 Å². The lowest BCUT2D eigenvalue weighted by molar-refractivity contribution is 0.969. The molecule has 5 aromatic rings. The van der Waals surface area contributed by atoms with E-state index in [2.05, 4.69) is 210 Å². The van der Waals surface area contributed by atoms with Crippen molar-refractivity contribution in [2.75, 3.05) is 0 Å². The van der Waals surface area contributed by atoms with Gasteiger partial charge in [-0.3, -0.25) is 0 Å². The van der Waals surface area contributed by atoms with E-state index >= 15 is 0 Å². The first-order chi connectivity index (χ1) is 27.9. The van der Waals surface area contributed by atoms with Crippen molar-refractivity contribution in [3.63, 3.8) is 0 Å². The van der Waals surface area contributed by atoms with Crippen LogP contribution in [0, 0.1) is 32.1 Å². The average Bonchev–Trinajstić information content (AvgIpc) is 3.28. The predicted octanol–water partition coefficient (Wildman–Crippen LogP) is 17.1. The third-order valence-electron chi connectivity index (χ3n) is 10.4. The molecule has 0 saturated heterocycles. The van der Waals surface area contributed by atoms with Crippen LogP contribution in [0.2, 0.25) is 0 Å². The quantitative estimate of drug-likeness (QED) is 0.0929. The lowest BCUT2D eigenvalue weighted by Gasteiger charge is -2.19. The van der Waals surface area contributed by atoms with Gasteiger partial charge in [-0.15, -0.1) is 6.42 Å². The normalized spacial score (nSPS) is 13.8.